The van der Waals surface area contributed by atoms with Gasteiger partial charge in [-0.3, -0.25) is 4.79 Å². The van der Waals surface area contributed by atoms with E-state index in [2.05, 4.69) is 12.2 Å². The number of nitrogens with one attached hydrogen (secondary N) is 1. The maximum absolute atomic E-state index is 12.4. The van der Waals surface area contributed by atoms with Gasteiger partial charge in [-0.2, -0.15) is 0 Å². The number of benzene rings is 2. The molecular formula is C21H23ClN2O3. The SMILES string of the molecule is CCCOc1ccc(CNC(=O)Cn2ccc3ccc(Cl)cc32)cc1OC. The van der Waals surface area contributed by atoms with Crippen molar-refractivity contribution < 1.29 is 14.3 Å². The molecule has 142 valence electrons. The zero-order chi connectivity index (χ0) is 19.2. The summed E-state index contributed by atoms with van der Waals surface area (Å²) >= 11 is 6.06. The molecule has 1 heterocycles. The molecule has 0 aliphatic rings. The molecule has 0 radical (unpaired) electrons. The molecule has 1 aromatic heterocycles. The van der Waals surface area contributed by atoms with E-state index in [1.165, 1.54) is 0 Å². The van der Waals surface area contributed by atoms with E-state index in [9.17, 15) is 4.79 Å². The van der Waals surface area contributed by atoms with Gasteiger partial charge >= 0.3 is 0 Å². The summed E-state index contributed by atoms with van der Waals surface area (Å²) in [5.41, 5.74) is 1.89. The Bertz CT molecular complexity index is 936. The minimum absolute atomic E-state index is 0.0715. The number of hydrogen-bond acceptors (Lipinski definition) is 3. The van der Waals surface area contributed by atoms with Crippen LogP contribution in [-0.2, 0) is 17.9 Å². The third-order valence-electron chi connectivity index (χ3n) is 4.23. The van der Waals surface area contributed by atoms with Crippen LogP contribution in [0.3, 0.4) is 0 Å². The summed E-state index contributed by atoms with van der Waals surface area (Å²) in [5, 5.41) is 4.65. The molecule has 0 bridgehead atoms. The summed E-state index contributed by atoms with van der Waals surface area (Å²) in [6.07, 6.45) is 2.82. The van der Waals surface area contributed by atoms with Gasteiger partial charge in [-0.15, -0.1) is 0 Å². The highest BCUT2D eigenvalue weighted by Crippen LogP contribution is 2.28. The lowest BCUT2D eigenvalue weighted by atomic mass is 10.2. The molecule has 3 rings (SSSR count). The van der Waals surface area contributed by atoms with E-state index >= 15 is 0 Å². The Morgan fingerprint density at radius 2 is 2.00 bits per heavy atom. The lowest BCUT2D eigenvalue weighted by Gasteiger charge is -2.12. The predicted molar refractivity (Wildman–Crippen MR) is 108 cm³/mol. The van der Waals surface area contributed by atoms with Crippen LogP contribution in [0, 0.1) is 0 Å². The van der Waals surface area contributed by atoms with E-state index in [-0.39, 0.29) is 12.5 Å². The first-order valence-corrected chi connectivity index (χ1v) is 9.29. The van der Waals surface area contributed by atoms with Crippen LogP contribution in [-0.4, -0.2) is 24.2 Å². The Hall–Kier alpha value is -2.66. The summed E-state index contributed by atoms with van der Waals surface area (Å²) in [6.45, 7) is 3.35. The molecule has 0 spiro atoms. The third-order valence-corrected chi connectivity index (χ3v) is 4.46. The Balaban J connectivity index is 1.62. The zero-order valence-electron chi connectivity index (χ0n) is 15.5. The Kier molecular flexibility index (Phi) is 6.24. The largest absolute Gasteiger partial charge is 0.493 e. The molecule has 1 amide bonds. The lowest BCUT2D eigenvalue weighted by Crippen LogP contribution is -2.26. The van der Waals surface area contributed by atoms with Crippen molar-refractivity contribution in [1.82, 2.24) is 9.88 Å². The first-order chi connectivity index (χ1) is 13.1. The first kappa shape index (κ1) is 19.1. The topological polar surface area (TPSA) is 52.5 Å². The van der Waals surface area contributed by atoms with Crippen LogP contribution in [0.4, 0.5) is 0 Å². The quantitative estimate of drug-likeness (QED) is 0.624. The minimum atomic E-state index is -0.0715. The number of fused-ring (bicyclic) bond motifs is 1. The zero-order valence-corrected chi connectivity index (χ0v) is 16.3. The Morgan fingerprint density at radius 1 is 1.15 bits per heavy atom. The molecule has 0 aliphatic heterocycles. The highest BCUT2D eigenvalue weighted by Gasteiger charge is 2.09. The van der Waals surface area contributed by atoms with Crippen molar-refractivity contribution >= 4 is 28.4 Å². The van der Waals surface area contributed by atoms with E-state index in [4.69, 9.17) is 21.1 Å². The van der Waals surface area contributed by atoms with Crippen molar-refractivity contribution in [1.29, 1.82) is 0 Å². The molecule has 0 fully saturated rings. The number of halogens is 1. The second-order valence-electron chi connectivity index (χ2n) is 6.26. The average molecular weight is 387 g/mol. The fourth-order valence-corrected chi connectivity index (χ4v) is 3.03. The van der Waals surface area contributed by atoms with Crippen LogP contribution in [0.15, 0.2) is 48.7 Å². The summed E-state index contributed by atoms with van der Waals surface area (Å²) in [7, 11) is 1.61. The monoisotopic (exact) mass is 386 g/mol. The van der Waals surface area contributed by atoms with E-state index in [1.807, 2.05) is 53.2 Å². The summed E-state index contributed by atoms with van der Waals surface area (Å²) in [6, 6.07) is 13.3. The average Bonchev–Trinajstić information content (AvgIpc) is 3.06. The number of rotatable bonds is 8. The van der Waals surface area contributed by atoms with Crippen LogP contribution in [0.2, 0.25) is 5.02 Å². The van der Waals surface area contributed by atoms with E-state index in [0.717, 1.165) is 22.9 Å². The fraction of sp³-hybridized carbons (Fsp3) is 0.286. The van der Waals surface area contributed by atoms with Crippen molar-refractivity contribution in [3.05, 3.63) is 59.2 Å². The van der Waals surface area contributed by atoms with Crippen molar-refractivity contribution in [3.8, 4) is 11.5 Å². The standard InChI is InChI=1S/C21H23ClN2O3/c1-3-10-27-19-7-4-15(11-20(19)26-2)13-23-21(25)14-24-9-8-16-5-6-17(22)12-18(16)24/h4-9,11-12H,3,10,13-14H2,1-2H3,(H,23,25). The molecular weight excluding hydrogens is 364 g/mol. The molecule has 0 saturated heterocycles. The predicted octanol–water partition coefficient (Wildman–Crippen LogP) is 4.41. The van der Waals surface area contributed by atoms with Crippen LogP contribution < -0.4 is 14.8 Å². The molecule has 27 heavy (non-hydrogen) atoms. The molecule has 6 heteroatoms. The third kappa shape index (κ3) is 4.74. The molecule has 0 saturated carbocycles. The van der Waals surface area contributed by atoms with E-state index in [0.29, 0.717) is 29.7 Å². The number of amides is 1. The van der Waals surface area contributed by atoms with Gasteiger partial charge in [0.25, 0.3) is 0 Å². The Morgan fingerprint density at radius 3 is 2.78 bits per heavy atom. The van der Waals surface area contributed by atoms with Gasteiger partial charge in [-0.1, -0.05) is 30.7 Å². The molecule has 0 aliphatic carbocycles. The molecule has 5 nitrogen and oxygen atoms in total. The van der Waals surface area contributed by atoms with Gasteiger partial charge in [-0.05, 0) is 47.7 Å². The number of aromatic nitrogens is 1. The lowest BCUT2D eigenvalue weighted by molar-refractivity contribution is -0.121. The van der Waals surface area contributed by atoms with Gasteiger partial charge < -0.3 is 19.4 Å². The maximum Gasteiger partial charge on any atom is 0.240 e. The number of nitrogens with zero attached hydrogens (tertiary/aromatic N) is 1. The number of carbonyl (C=O) groups is 1. The van der Waals surface area contributed by atoms with Gasteiger partial charge in [0.2, 0.25) is 5.91 Å². The second kappa shape index (κ2) is 8.82. The minimum Gasteiger partial charge on any atom is -0.493 e. The van der Waals surface area contributed by atoms with Gasteiger partial charge in [0.05, 0.1) is 13.7 Å². The Labute approximate surface area is 163 Å². The van der Waals surface area contributed by atoms with Crippen molar-refractivity contribution in [2.45, 2.75) is 26.4 Å². The van der Waals surface area contributed by atoms with Gasteiger partial charge in [-0.25, -0.2) is 0 Å². The normalized spacial score (nSPS) is 10.8. The van der Waals surface area contributed by atoms with Crippen molar-refractivity contribution in [2.24, 2.45) is 0 Å². The summed E-state index contributed by atoms with van der Waals surface area (Å²) < 4.78 is 12.9. The van der Waals surface area contributed by atoms with Crippen molar-refractivity contribution in [3.63, 3.8) is 0 Å². The van der Waals surface area contributed by atoms with Crippen LogP contribution in [0.5, 0.6) is 11.5 Å². The maximum atomic E-state index is 12.4. The molecule has 0 atom stereocenters. The van der Waals surface area contributed by atoms with Crippen LogP contribution in [0.1, 0.15) is 18.9 Å². The molecule has 2 aromatic carbocycles. The summed E-state index contributed by atoms with van der Waals surface area (Å²) in [4.78, 5) is 12.4. The molecule has 3 aromatic rings. The highest BCUT2D eigenvalue weighted by molar-refractivity contribution is 6.31. The summed E-state index contributed by atoms with van der Waals surface area (Å²) in [5.74, 6) is 1.31. The van der Waals surface area contributed by atoms with Crippen molar-refractivity contribution in [2.75, 3.05) is 13.7 Å². The molecule has 1 N–H and O–H groups in total. The van der Waals surface area contributed by atoms with Crippen LogP contribution in [0.25, 0.3) is 10.9 Å². The van der Waals surface area contributed by atoms with E-state index < -0.39 is 0 Å². The number of hydrogen-bond donors (Lipinski definition) is 1. The van der Waals surface area contributed by atoms with E-state index in [1.54, 1.807) is 7.11 Å². The second-order valence-corrected chi connectivity index (χ2v) is 6.69. The fourth-order valence-electron chi connectivity index (χ4n) is 2.86. The highest BCUT2D eigenvalue weighted by atomic mass is 35.5. The smallest absolute Gasteiger partial charge is 0.240 e. The van der Waals surface area contributed by atoms with Gasteiger partial charge in [0.1, 0.15) is 6.54 Å². The number of carbonyl (C=O) groups excluding carboxylic acids is 1. The van der Waals surface area contributed by atoms with Gasteiger partial charge in [0.15, 0.2) is 11.5 Å². The first-order valence-electron chi connectivity index (χ1n) is 8.91. The van der Waals surface area contributed by atoms with Gasteiger partial charge in [0, 0.05) is 23.3 Å². The molecule has 0 unspecified atom stereocenters. The van der Waals surface area contributed by atoms with Crippen LogP contribution >= 0.6 is 11.6 Å². The number of ether oxygens (including phenoxy) is 2. The number of methoxy groups -OCH3 is 1.